The number of benzene rings is 2. The van der Waals surface area contributed by atoms with Gasteiger partial charge >= 0.3 is 0 Å². The minimum atomic E-state index is -1.66. The molecule has 216 valence electrons. The first-order valence-corrected chi connectivity index (χ1v) is 13.2. The third-order valence-electron chi connectivity index (χ3n) is 7.33. The number of hydrogen-bond acceptors (Lipinski definition) is 11. The average molecular weight is 549 g/mol. The third-order valence-corrected chi connectivity index (χ3v) is 7.33. The lowest BCUT2D eigenvalue weighted by Gasteiger charge is -2.47. The standard InChI is InChI=1S/C28H40N2O9/c1-15-3-7-17(8-4-15)11-29-21-23(34)26(39-28-25(36)24(35)22(33)19(13-31)38-28)20(14-32)37-27(21)30-12-18-9-5-16(2)6-10-18/h3-10,19-36H,11-14H2,1-2H3/t19-,20-,21-,22+,23-,24+,25-,26-,27-,28-/m1/s1. The van der Waals surface area contributed by atoms with E-state index in [0.29, 0.717) is 13.1 Å². The van der Waals surface area contributed by atoms with Gasteiger partial charge in [-0.25, -0.2) is 0 Å². The summed E-state index contributed by atoms with van der Waals surface area (Å²) in [6, 6.07) is 15.2. The van der Waals surface area contributed by atoms with E-state index in [1.165, 1.54) is 0 Å². The van der Waals surface area contributed by atoms with Crippen LogP contribution in [0.3, 0.4) is 0 Å². The van der Waals surface area contributed by atoms with Crippen molar-refractivity contribution in [2.24, 2.45) is 0 Å². The smallest absolute Gasteiger partial charge is 0.187 e. The molecule has 0 bridgehead atoms. The van der Waals surface area contributed by atoms with Crippen molar-refractivity contribution in [3.63, 3.8) is 0 Å². The fourth-order valence-corrected chi connectivity index (χ4v) is 4.87. The van der Waals surface area contributed by atoms with Crippen LogP contribution in [-0.2, 0) is 27.3 Å². The van der Waals surface area contributed by atoms with Crippen molar-refractivity contribution in [1.82, 2.24) is 10.6 Å². The van der Waals surface area contributed by atoms with Crippen LogP contribution in [0.25, 0.3) is 0 Å². The third kappa shape index (κ3) is 7.20. The van der Waals surface area contributed by atoms with E-state index in [2.05, 4.69) is 10.6 Å². The lowest BCUT2D eigenvalue weighted by Crippen LogP contribution is -2.69. The summed E-state index contributed by atoms with van der Waals surface area (Å²) in [5, 5.41) is 68.5. The summed E-state index contributed by atoms with van der Waals surface area (Å²) in [6.07, 6.45) is -11.7. The Kier molecular flexibility index (Phi) is 10.4. The topological polar surface area (TPSA) is 173 Å². The quantitative estimate of drug-likeness (QED) is 0.179. The molecule has 11 heteroatoms. The SMILES string of the molecule is Cc1ccc(CN[C@@H]2[C@@H](O)[C@H](O[C@H]3O[C@H](CO)[C@H](O)[C@H](O)[C@H]3O)[C@@H](CO)O[C@H]2NCc2ccc(C)cc2)cc1. The van der Waals surface area contributed by atoms with E-state index in [4.69, 9.17) is 14.2 Å². The van der Waals surface area contributed by atoms with Crippen LogP contribution in [0.2, 0.25) is 0 Å². The predicted octanol–water partition coefficient (Wildman–Crippen LogP) is -1.19. The Morgan fingerprint density at radius 1 is 0.667 bits per heavy atom. The number of rotatable bonds is 10. The van der Waals surface area contributed by atoms with Crippen molar-refractivity contribution in [2.75, 3.05) is 13.2 Å². The van der Waals surface area contributed by atoms with Crippen LogP contribution < -0.4 is 10.6 Å². The highest BCUT2D eigenvalue weighted by Gasteiger charge is 2.50. The molecule has 11 nitrogen and oxygen atoms in total. The molecule has 2 aromatic rings. The van der Waals surface area contributed by atoms with Crippen LogP contribution in [0.1, 0.15) is 22.3 Å². The molecule has 0 unspecified atom stereocenters. The van der Waals surface area contributed by atoms with Gasteiger partial charge in [0.25, 0.3) is 0 Å². The first-order valence-electron chi connectivity index (χ1n) is 13.2. The lowest BCUT2D eigenvalue weighted by molar-refractivity contribution is -0.337. The summed E-state index contributed by atoms with van der Waals surface area (Å²) in [6.45, 7) is 3.72. The highest BCUT2D eigenvalue weighted by molar-refractivity contribution is 5.22. The van der Waals surface area contributed by atoms with Gasteiger partial charge < -0.3 is 50.2 Å². The number of aryl methyl sites for hydroxylation is 2. The van der Waals surface area contributed by atoms with Crippen LogP contribution in [0, 0.1) is 13.8 Å². The largest absolute Gasteiger partial charge is 0.394 e. The zero-order chi connectivity index (χ0) is 28.1. The maximum atomic E-state index is 11.5. The van der Waals surface area contributed by atoms with Crippen molar-refractivity contribution >= 4 is 0 Å². The van der Waals surface area contributed by atoms with Crippen LogP contribution in [0.15, 0.2) is 48.5 Å². The summed E-state index contributed by atoms with van der Waals surface area (Å²) in [5.74, 6) is 0. The molecule has 2 aliphatic heterocycles. The van der Waals surface area contributed by atoms with E-state index in [1.807, 2.05) is 62.4 Å². The molecule has 2 heterocycles. The second-order valence-electron chi connectivity index (χ2n) is 10.3. The molecule has 0 radical (unpaired) electrons. The fourth-order valence-electron chi connectivity index (χ4n) is 4.87. The van der Waals surface area contributed by atoms with Crippen LogP contribution in [-0.4, -0.2) is 105 Å². The molecule has 8 N–H and O–H groups in total. The maximum Gasteiger partial charge on any atom is 0.187 e. The van der Waals surface area contributed by atoms with Crippen molar-refractivity contribution in [3.8, 4) is 0 Å². The maximum absolute atomic E-state index is 11.5. The number of aliphatic hydroxyl groups is 6. The average Bonchev–Trinajstić information content (AvgIpc) is 2.94. The molecular formula is C28H40N2O9. The molecular weight excluding hydrogens is 508 g/mol. The van der Waals surface area contributed by atoms with Crippen LogP contribution in [0.4, 0.5) is 0 Å². The van der Waals surface area contributed by atoms with E-state index in [1.54, 1.807) is 0 Å². The fraction of sp³-hybridized carbons (Fsp3) is 0.571. The first-order chi connectivity index (χ1) is 18.7. The molecule has 0 aromatic heterocycles. The molecule has 2 aromatic carbocycles. The molecule has 4 rings (SSSR count). The molecule has 2 aliphatic rings. The Morgan fingerprint density at radius 2 is 1.21 bits per heavy atom. The zero-order valence-electron chi connectivity index (χ0n) is 22.1. The van der Waals surface area contributed by atoms with Gasteiger partial charge in [0.2, 0.25) is 0 Å². The van der Waals surface area contributed by atoms with Gasteiger partial charge in [-0.2, -0.15) is 0 Å². The molecule has 2 fully saturated rings. The highest BCUT2D eigenvalue weighted by atomic mass is 16.7. The van der Waals surface area contributed by atoms with E-state index >= 15 is 0 Å². The van der Waals surface area contributed by atoms with E-state index < -0.39 is 74.5 Å². The summed E-state index contributed by atoms with van der Waals surface area (Å²) in [7, 11) is 0. The van der Waals surface area contributed by atoms with E-state index in [0.717, 1.165) is 22.3 Å². The van der Waals surface area contributed by atoms with Crippen molar-refractivity contribution < 1.29 is 44.8 Å². The van der Waals surface area contributed by atoms with E-state index in [9.17, 15) is 30.6 Å². The van der Waals surface area contributed by atoms with Crippen LogP contribution in [0.5, 0.6) is 0 Å². The Hall–Kier alpha value is -2.00. The second-order valence-corrected chi connectivity index (χ2v) is 10.3. The van der Waals surface area contributed by atoms with Gasteiger partial charge in [0.05, 0.1) is 19.3 Å². The number of hydrogen-bond donors (Lipinski definition) is 8. The number of nitrogens with one attached hydrogen (secondary N) is 2. The predicted molar refractivity (Wildman–Crippen MR) is 140 cm³/mol. The normalized spacial score (nSPS) is 35.2. The van der Waals surface area contributed by atoms with Gasteiger partial charge in [0, 0.05) is 13.1 Å². The van der Waals surface area contributed by atoms with E-state index in [-0.39, 0.29) is 0 Å². The summed E-state index contributed by atoms with van der Waals surface area (Å²) in [5.41, 5.74) is 4.25. The summed E-state index contributed by atoms with van der Waals surface area (Å²) in [4.78, 5) is 0. The Morgan fingerprint density at radius 3 is 1.74 bits per heavy atom. The minimum absolute atomic E-state index is 0.407. The Bertz CT molecular complexity index is 1020. The van der Waals surface area contributed by atoms with Gasteiger partial charge in [0.1, 0.15) is 49.0 Å². The van der Waals surface area contributed by atoms with Crippen molar-refractivity contribution in [2.45, 2.75) is 88.2 Å². The molecule has 0 amide bonds. The van der Waals surface area contributed by atoms with Crippen molar-refractivity contribution in [1.29, 1.82) is 0 Å². The molecule has 0 saturated carbocycles. The molecule has 2 saturated heterocycles. The number of ether oxygens (including phenoxy) is 3. The monoisotopic (exact) mass is 548 g/mol. The summed E-state index contributed by atoms with van der Waals surface area (Å²) >= 11 is 0. The zero-order valence-corrected chi connectivity index (χ0v) is 22.1. The van der Waals surface area contributed by atoms with Gasteiger partial charge in [-0.1, -0.05) is 59.7 Å². The summed E-state index contributed by atoms with van der Waals surface area (Å²) < 4.78 is 17.5. The molecule has 39 heavy (non-hydrogen) atoms. The van der Waals surface area contributed by atoms with Crippen molar-refractivity contribution in [3.05, 3.63) is 70.8 Å². The number of aliphatic hydroxyl groups excluding tert-OH is 6. The van der Waals surface area contributed by atoms with Gasteiger partial charge in [0.15, 0.2) is 6.29 Å². The Balaban J connectivity index is 1.52. The first kappa shape index (κ1) is 30.0. The Labute approximate surface area is 228 Å². The molecule has 0 aliphatic carbocycles. The van der Waals surface area contributed by atoms with Crippen LogP contribution >= 0.6 is 0 Å². The molecule has 10 atom stereocenters. The highest BCUT2D eigenvalue weighted by Crippen LogP contribution is 2.29. The molecule has 0 spiro atoms. The second kappa shape index (κ2) is 13.6. The van der Waals surface area contributed by atoms with Gasteiger partial charge in [-0.05, 0) is 25.0 Å². The van der Waals surface area contributed by atoms with Gasteiger partial charge in [-0.15, -0.1) is 0 Å². The minimum Gasteiger partial charge on any atom is -0.394 e. The lowest BCUT2D eigenvalue weighted by atomic mass is 9.94. The van der Waals surface area contributed by atoms with Gasteiger partial charge in [-0.3, -0.25) is 5.32 Å².